The number of nitrogens with one attached hydrogen (secondary N) is 1. The van der Waals surface area contributed by atoms with E-state index in [2.05, 4.69) is 9.88 Å². The number of aromatic nitrogens is 2. The molecular weight excluding hydrogens is 392 g/mol. The number of aromatic hydroxyl groups is 1. The van der Waals surface area contributed by atoms with E-state index in [-0.39, 0.29) is 16.3 Å². The van der Waals surface area contributed by atoms with Gasteiger partial charge in [-0.2, -0.15) is 0 Å². The predicted octanol–water partition coefficient (Wildman–Crippen LogP) is 2.95. The van der Waals surface area contributed by atoms with Crippen LogP contribution in [0, 0.1) is 0 Å². The van der Waals surface area contributed by atoms with Crippen molar-refractivity contribution in [1.29, 1.82) is 0 Å². The molecular formula is C21H21ClN4O3. The van der Waals surface area contributed by atoms with Gasteiger partial charge < -0.3 is 20.6 Å². The second-order valence-corrected chi connectivity index (χ2v) is 7.46. The van der Waals surface area contributed by atoms with Crippen molar-refractivity contribution < 1.29 is 9.84 Å². The summed E-state index contributed by atoms with van der Waals surface area (Å²) in [6.45, 7) is 1.86. The zero-order valence-electron chi connectivity index (χ0n) is 15.9. The van der Waals surface area contributed by atoms with Gasteiger partial charge in [-0.25, -0.2) is 4.98 Å². The minimum atomic E-state index is -0.101. The van der Waals surface area contributed by atoms with E-state index in [0.717, 1.165) is 28.9 Å². The number of nitrogens with zero attached hydrogens (tertiary/aromatic N) is 2. The lowest BCUT2D eigenvalue weighted by molar-refractivity contribution is 0.240. The molecule has 2 heterocycles. The third kappa shape index (κ3) is 3.92. The lowest BCUT2D eigenvalue weighted by Crippen LogP contribution is -2.35. The van der Waals surface area contributed by atoms with Gasteiger partial charge in [0.1, 0.15) is 5.82 Å². The number of nitrogen functional groups attached to an aromatic ring is 1. The average Bonchev–Trinajstić information content (AvgIpc) is 2.70. The number of fused-ring (bicyclic) bond motifs is 1. The van der Waals surface area contributed by atoms with Crippen LogP contribution in [0.25, 0.3) is 11.4 Å². The van der Waals surface area contributed by atoms with Crippen molar-refractivity contribution in [2.45, 2.75) is 19.5 Å². The maximum Gasteiger partial charge on any atom is 0.254 e. The standard InChI is InChI=1S/C21H21ClN4O3/c1-29-18-9-12(8-16(22)19(18)27)10-26-7-6-15-17(11-26)24-20(25-21(15)28)13-2-4-14(23)5-3-13/h2-5,8-9,27H,6-7,10-11,23H2,1H3,(H,24,25,28). The number of anilines is 1. The van der Waals surface area contributed by atoms with Crippen LogP contribution in [0.5, 0.6) is 11.5 Å². The molecule has 0 amide bonds. The molecule has 0 unspecified atom stereocenters. The second-order valence-electron chi connectivity index (χ2n) is 7.05. The SMILES string of the molecule is COc1cc(CN2CCc3c(nc(-c4ccc(N)cc4)[nH]c3=O)C2)cc(Cl)c1O. The lowest BCUT2D eigenvalue weighted by atomic mass is 10.0. The van der Waals surface area contributed by atoms with Gasteiger partial charge >= 0.3 is 0 Å². The van der Waals surface area contributed by atoms with Crippen LogP contribution in [0.3, 0.4) is 0 Å². The number of hydrogen-bond acceptors (Lipinski definition) is 6. The first-order valence-electron chi connectivity index (χ1n) is 9.20. The Bertz CT molecular complexity index is 1110. The number of nitrogens with two attached hydrogens (primary N) is 1. The fourth-order valence-corrected chi connectivity index (χ4v) is 3.77. The number of halogens is 1. The molecule has 150 valence electrons. The number of aromatic amines is 1. The molecule has 4 N–H and O–H groups in total. The summed E-state index contributed by atoms with van der Waals surface area (Å²) in [7, 11) is 1.49. The van der Waals surface area contributed by atoms with Gasteiger partial charge in [0, 0.05) is 36.4 Å². The highest BCUT2D eigenvalue weighted by Gasteiger charge is 2.22. The van der Waals surface area contributed by atoms with Crippen LogP contribution in [-0.4, -0.2) is 33.6 Å². The Morgan fingerprint density at radius 1 is 1.31 bits per heavy atom. The largest absolute Gasteiger partial charge is 0.503 e. The normalized spacial score (nSPS) is 13.9. The van der Waals surface area contributed by atoms with E-state index in [9.17, 15) is 9.90 Å². The minimum Gasteiger partial charge on any atom is -0.503 e. The van der Waals surface area contributed by atoms with Gasteiger partial charge in [-0.3, -0.25) is 9.69 Å². The van der Waals surface area contributed by atoms with Crippen LogP contribution in [0.4, 0.5) is 5.69 Å². The van der Waals surface area contributed by atoms with Gasteiger partial charge in [0.05, 0.1) is 17.8 Å². The Balaban J connectivity index is 1.60. The molecule has 0 aliphatic carbocycles. The molecule has 3 aromatic rings. The highest BCUT2D eigenvalue weighted by Crippen LogP contribution is 2.35. The van der Waals surface area contributed by atoms with Crippen LogP contribution in [0.1, 0.15) is 16.8 Å². The first-order valence-corrected chi connectivity index (χ1v) is 9.58. The minimum absolute atomic E-state index is 0.0664. The third-order valence-corrected chi connectivity index (χ3v) is 5.34. The van der Waals surface area contributed by atoms with Gasteiger partial charge in [-0.15, -0.1) is 0 Å². The molecule has 0 bridgehead atoms. The first kappa shape index (κ1) is 19.3. The molecule has 2 aromatic carbocycles. The Morgan fingerprint density at radius 2 is 2.07 bits per heavy atom. The van der Waals surface area contributed by atoms with E-state index in [1.807, 2.05) is 12.1 Å². The van der Waals surface area contributed by atoms with Crippen molar-refractivity contribution in [3.05, 3.63) is 68.6 Å². The quantitative estimate of drug-likeness (QED) is 0.569. The van der Waals surface area contributed by atoms with Gasteiger partial charge in [-0.1, -0.05) is 11.6 Å². The highest BCUT2D eigenvalue weighted by molar-refractivity contribution is 6.32. The van der Waals surface area contributed by atoms with Crippen molar-refractivity contribution >= 4 is 17.3 Å². The summed E-state index contributed by atoms with van der Waals surface area (Å²) in [6.07, 6.45) is 0.614. The molecule has 1 aliphatic heterocycles. The molecule has 0 atom stereocenters. The van der Waals surface area contributed by atoms with Crippen molar-refractivity contribution in [2.75, 3.05) is 19.4 Å². The van der Waals surface area contributed by atoms with Gasteiger partial charge in [0.15, 0.2) is 11.5 Å². The lowest BCUT2D eigenvalue weighted by Gasteiger charge is -2.28. The summed E-state index contributed by atoms with van der Waals surface area (Å²) < 4.78 is 5.18. The zero-order chi connectivity index (χ0) is 20.5. The predicted molar refractivity (Wildman–Crippen MR) is 112 cm³/mol. The molecule has 0 radical (unpaired) electrons. The smallest absolute Gasteiger partial charge is 0.254 e. The van der Waals surface area contributed by atoms with Crippen molar-refractivity contribution in [2.24, 2.45) is 0 Å². The Morgan fingerprint density at radius 3 is 2.79 bits per heavy atom. The van der Waals surface area contributed by atoms with Crippen LogP contribution in [-0.2, 0) is 19.5 Å². The summed E-state index contributed by atoms with van der Waals surface area (Å²) >= 11 is 6.10. The number of benzene rings is 2. The van der Waals surface area contributed by atoms with E-state index >= 15 is 0 Å². The van der Waals surface area contributed by atoms with Crippen LogP contribution >= 0.6 is 11.6 Å². The van der Waals surface area contributed by atoms with Crippen LogP contribution in [0.15, 0.2) is 41.2 Å². The topological polar surface area (TPSA) is 104 Å². The molecule has 0 spiro atoms. The van der Waals surface area contributed by atoms with E-state index < -0.39 is 0 Å². The number of ether oxygens (including phenoxy) is 1. The summed E-state index contributed by atoms with van der Waals surface area (Å²) in [4.78, 5) is 22.3. The Kier molecular flexibility index (Phi) is 5.17. The van der Waals surface area contributed by atoms with E-state index in [0.29, 0.717) is 36.8 Å². The summed E-state index contributed by atoms with van der Waals surface area (Å²) in [5, 5.41) is 10.2. The van der Waals surface area contributed by atoms with Gasteiger partial charge in [0.2, 0.25) is 0 Å². The van der Waals surface area contributed by atoms with Crippen LogP contribution < -0.4 is 16.0 Å². The number of rotatable bonds is 4. The summed E-state index contributed by atoms with van der Waals surface area (Å²) in [5.74, 6) is 0.804. The molecule has 7 nitrogen and oxygen atoms in total. The zero-order valence-corrected chi connectivity index (χ0v) is 16.7. The number of phenols is 1. The third-order valence-electron chi connectivity index (χ3n) is 5.05. The fourth-order valence-electron chi connectivity index (χ4n) is 3.54. The molecule has 4 rings (SSSR count). The van der Waals surface area contributed by atoms with Crippen molar-refractivity contribution in [3.63, 3.8) is 0 Å². The summed E-state index contributed by atoms with van der Waals surface area (Å²) in [6, 6.07) is 10.7. The number of phenolic OH excluding ortho intramolecular Hbond substituents is 1. The molecule has 1 aromatic heterocycles. The molecule has 1 aliphatic rings. The number of hydrogen-bond donors (Lipinski definition) is 3. The van der Waals surface area contributed by atoms with E-state index in [1.165, 1.54) is 7.11 Å². The second kappa shape index (κ2) is 7.77. The van der Waals surface area contributed by atoms with E-state index in [1.54, 1.807) is 24.3 Å². The van der Waals surface area contributed by atoms with Crippen molar-refractivity contribution in [3.8, 4) is 22.9 Å². The average molecular weight is 413 g/mol. The van der Waals surface area contributed by atoms with E-state index in [4.69, 9.17) is 27.1 Å². The Hall–Kier alpha value is -3.03. The molecule has 29 heavy (non-hydrogen) atoms. The maximum atomic E-state index is 12.6. The molecule has 0 saturated carbocycles. The summed E-state index contributed by atoms with van der Waals surface area (Å²) in [5.41, 5.74) is 9.52. The molecule has 8 heteroatoms. The Labute approximate surface area is 172 Å². The number of H-pyrrole nitrogens is 1. The first-order chi connectivity index (χ1) is 13.9. The van der Waals surface area contributed by atoms with Gasteiger partial charge in [-0.05, 0) is 48.4 Å². The fraction of sp³-hybridized carbons (Fsp3) is 0.238. The van der Waals surface area contributed by atoms with Crippen LogP contribution in [0.2, 0.25) is 5.02 Å². The highest BCUT2D eigenvalue weighted by atomic mass is 35.5. The van der Waals surface area contributed by atoms with Gasteiger partial charge in [0.25, 0.3) is 5.56 Å². The number of methoxy groups -OCH3 is 1. The molecule has 0 fully saturated rings. The van der Waals surface area contributed by atoms with Crippen molar-refractivity contribution in [1.82, 2.24) is 14.9 Å². The maximum absolute atomic E-state index is 12.6. The molecule has 0 saturated heterocycles. The monoisotopic (exact) mass is 412 g/mol.